The zero-order chi connectivity index (χ0) is 40.9. The smallest absolute Gasteiger partial charge is 0.364 e. The summed E-state index contributed by atoms with van der Waals surface area (Å²) in [7, 11) is 4.75. The van der Waals surface area contributed by atoms with Gasteiger partial charge in [0.15, 0.2) is 0 Å². The van der Waals surface area contributed by atoms with Crippen LogP contribution in [0.3, 0.4) is 0 Å². The highest BCUT2D eigenvalue weighted by molar-refractivity contribution is 6.02. The first kappa shape index (κ1) is 37.7. The van der Waals surface area contributed by atoms with Gasteiger partial charge in [-0.2, -0.15) is 0 Å². The van der Waals surface area contributed by atoms with Gasteiger partial charge in [0, 0.05) is 57.3 Å². The monoisotopic (exact) mass is 789 g/mol. The number of carbonyl (C=O) groups excluding carboxylic acids is 1. The zero-order valence-corrected chi connectivity index (χ0v) is 33.5. The quantitative estimate of drug-likeness (QED) is 0.131. The van der Waals surface area contributed by atoms with Crippen molar-refractivity contribution >= 4 is 11.5 Å². The average Bonchev–Trinajstić information content (AvgIpc) is 3.27. The van der Waals surface area contributed by atoms with Gasteiger partial charge in [-0.25, -0.2) is 4.42 Å². The van der Waals surface area contributed by atoms with Crippen LogP contribution in [0.2, 0.25) is 0 Å². The Labute approximate surface area is 343 Å². The Morgan fingerprint density at radius 1 is 0.661 bits per heavy atom. The lowest BCUT2D eigenvalue weighted by Gasteiger charge is -2.38. The van der Waals surface area contributed by atoms with Crippen LogP contribution in [0.5, 0.6) is 51.7 Å². The van der Waals surface area contributed by atoms with E-state index in [1.807, 2.05) is 85.8 Å². The van der Waals surface area contributed by atoms with Crippen molar-refractivity contribution in [2.45, 2.75) is 44.6 Å². The van der Waals surface area contributed by atoms with E-state index in [1.165, 1.54) is 0 Å². The summed E-state index contributed by atoms with van der Waals surface area (Å²) in [5.74, 6) is 1.84. The van der Waals surface area contributed by atoms with Crippen molar-refractivity contribution in [3.63, 3.8) is 0 Å². The largest absolute Gasteiger partial charge is 0.507 e. The number of ether oxygens (including phenoxy) is 5. The first-order valence-corrected chi connectivity index (χ1v) is 19.7. The van der Waals surface area contributed by atoms with Crippen LogP contribution < -0.4 is 23.7 Å². The topological polar surface area (TPSA) is 118 Å². The fourth-order valence-electron chi connectivity index (χ4n) is 9.20. The van der Waals surface area contributed by atoms with Gasteiger partial charge in [0.25, 0.3) is 0 Å². The van der Waals surface area contributed by atoms with E-state index in [-0.39, 0.29) is 23.4 Å². The predicted molar refractivity (Wildman–Crippen MR) is 225 cm³/mol. The van der Waals surface area contributed by atoms with Gasteiger partial charge in [0.05, 0.1) is 38.9 Å². The van der Waals surface area contributed by atoms with Crippen LogP contribution in [0.4, 0.5) is 0 Å². The summed E-state index contributed by atoms with van der Waals surface area (Å²) in [6.45, 7) is 3.61. The molecule has 6 aromatic rings. The summed E-state index contributed by atoms with van der Waals surface area (Å²) in [6, 6.07) is 34.6. The van der Waals surface area contributed by atoms with E-state index in [1.54, 1.807) is 46.5 Å². The van der Waals surface area contributed by atoms with Crippen LogP contribution >= 0.6 is 0 Å². The van der Waals surface area contributed by atoms with Gasteiger partial charge >= 0.3 is 11.5 Å². The van der Waals surface area contributed by atoms with Crippen LogP contribution in [0.15, 0.2) is 115 Å². The van der Waals surface area contributed by atoms with E-state index in [0.29, 0.717) is 86.7 Å². The molecular weight excluding hydrogens is 745 g/mol. The highest BCUT2D eigenvalue weighted by atomic mass is 16.5. The second-order valence-corrected chi connectivity index (χ2v) is 15.2. The summed E-state index contributed by atoms with van der Waals surface area (Å²) in [6.07, 6.45) is 3.08. The summed E-state index contributed by atoms with van der Waals surface area (Å²) in [4.78, 5) is 0. The molecule has 3 aliphatic heterocycles. The van der Waals surface area contributed by atoms with Gasteiger partial charge in [-0.05, 0) is 50.5 Å². The lowest BCUT2D eigenvalue weighted by atomic mass is 9.65. The second-order valence-electron chi connectivity index (χ2n) is 15.2. The molecule has 3 aliphatic rings. The third-order valence-corrected chi connectivity index (χ3v) is 12.0. The Kier molecular flexibility index (Phi) is 9.67. The first-order chi connectivity index (χ1) is 28.7. The van der Waals surface area contributed by atoms with Crippen LogP contribution in [-0.2, 0) is 6.42 Å². The lowest BCUT2D eigenvalue weighted by Crippen LogP contribution is -2.34. The highest BCUT2D eigenvalue weighted by Crippen LogP contribution is 2.62. The van der Waals surface area contributed by atoms with Crippen LogP contribution in [0.1, 0.15) is 78.9 Å². The molecule has 0 saturated heterocycles. The normalized spacial score (nSPS) is 19.1. The van der Waals surface area contributed by atoms with Gasteiger partial charge in [0.2, 0.25) is 0 Å². The van der Waals surface area contributed by atoms with Crippen LogP contribution in [0, 0.1) is 19.8 Å². The van der Waals surface area contributed by atoms with E-state index < -0.39 is 17.8 Å². The van der Waals surface area contributed by atoms with Gasteiger partial charge in [-0.15, -0.1) is 0 Å². The number of allylic oxidation sites excluding steroid dienone is 1. The van der Waals surface area contributed by atoms with E-state index in [9.17, 15) is 15.3 Å². The molecule has 1 unspecified atom stereocenters. The molecule has 0 fully saturated rings. The number of phenols is 3. The van der Waals surface area contributed by atoms with Crippen molar-refractivity contribution in [3.8, 4) is 51.7 Å². The summed E-state index contributed by atoms with van der Waals surface area (Å²) >= 11 is 0. The third-order valence-electron chi connectivity index (χ3n) is 12.0. The molecule has 0 aromatic heterocycles. The number of rotatable bonds is 8. The minimum atomic E-state index is -0.750. The molecule has 0 amide bonds. The van der Waals surface area contributed by atoms with E-state index in [2.05, 4.69) is 18.2 Å². The molecule has 3 N–H and O–H groups in total. The summed E-state index contributed by atoms with van der Waals surface area (Å²) < 4.78 is 39.2. The Balaban J connectivity index is 1.42. The third kappa shape index (κ3) is 6.29. The molecule has 3 heterocycles. The molecule has 6 aromatic carbocycles. The van der Waals surface area contributed by atoms with Gasteiger partial charge < -0.3 is 39.0 Å². The highest BCUT2D eigenvalue weighted by Gasteiger charge is 2.54. The minimum Gasteiger partial charge on any atom is -0.507 e. The Morgan fingerprint density at radius 2 is 1.27 bits per heavy atom. The molecule has 0 aliphatic carbocycles. The molecule has 9 heteroatoms. The van der Waals surface area contributed by atoms with E-state index in [0.717, 1.165) is 22.3 Å². The number of aromatic hydroxyl groups is 3. The number of hydrogen-bond acceptors (Lipinski definition) is 8. The Morgan fingerprint density at radius 3 is 1.92 bits per heavy atom. The molecule has 0 spiro atoms. The summed E-state index contributed by atoms with van der Waals surface area (Å²) in [5, 5.41) is 35.2. The summed E-state index contributed by atoms with van der Waals surface area (Å²) in [5.41, 5.74) is 6.35. The number of ketones is 1. The minimum absolute atomic E-state index is 0.00188. The molecule has 9 nitrogen and oxygen atoms in total. The first-order valence-electron chi connectivity index (χ1n) is 19.7. The maximum atomic E-state index is 12.6. The molecule has 0 bridgehead atoms. The maximum Gasteiger partial charge on any atom is 0.364 e. The number of fused-ring (bicyclic) bond motifs is 3. The van der Waals surface area contributed by atoms with Crippen molar-refractivity contribution in [1.82, 2.24) is 0 Å². The van der Waals surface area contributed by atoms with Crippen molar-refractivity contribution in [1.29, 1.82) is 0 Å². The Hall–Kier alpha value is -6.87. The Bertz CT molecular complexity index is 2630. The predicted octanol–water partition coefficient (Wildman–Crippen LogP) is 10.6. The maximum absolute atomic E-state index is 12.6. The van der Waals surface area contributed by atoms with Crippen molar-refractivity contribution in [3.05, 3.63) is 165 Å². The van der Waals surface area contributed by atoms with E-state index in [4.69, 9.17) is 28.1 Å². The van der Waals surface area contributed by atoms with E-state index >= 15 is 0 Å². The molecule has 0 radical (unpaired) electrons. The fourth-order valence-corrected chi connectivity index (χ4v) is 9.20. The fraction of sp³-hybridized carbons (Fsp3) is 0.220. The van der Waals surface area contributed by atoms with Crippen molar-refractivity contribution < 1.29 is 43.4 Å². The molecule has 4 atom stereocenters. The SMILES string of the molecule is COc1cc(O)c([C@@H]2c3c(cc(O)c(C)c3OC)[O+]=C(c3ccccc3)[C@H]2[C@H]2C=C(c3ccccc3)Oc3cc(O)c(C)c(OC)c32)c2c1CCC(c1ccccc1)O2. The average molecular weight is 790 g/mol. The van der Waals surface area contributed by atoms with Crippen LogP contribution in [0.25, 0.3) is 5.76 Å². The number of methoxy groups -OCH3 is 3. The standard InChI is InChI=1S/C50H44O9/c1-27-34(51)24-40-42(47(27)55-4)33(23-38(57-40)30-17-11-7-12-18-30)43-46(45-41(25-35(52)28(2)48(45)56-5)59-49(43)31-19-13-8-14-20-31)44-36(53)26-39(54-3)32-21-22-37(58-50(32)44)29-15-9-6-10-16-29/h6-20,23-26,33,37,43,46H,21-22H2,1-5H3,(H2-,51,52,53)/p+1/t33-,37?,43-,46+/m0/s1. The number of benzene rings is 6. The molecule has 0 saturated carbocycles. The molecule has 59 heavy (non-hydrogen) atoms. The number of phenolic OH excluding ortho intramolecular Hbond substituents is 3. The second kappa shape index (κ2) is 15.1. The van der Waals surface area contributed by atoms with Gasteiger partial charge in [0.1, 0.15) is 63.4 Å². The van der Waals surface area contributed by atoms with Crippen LogP contribution in [-0.4, -0.2) is 42.4 Å². The molecular formula is C50H45O9+. The molecule has 9 rings (SSSR count). The number of hydrogen-bond donors (Lipinski definition) is 3. The van der Waals surface area contributed by atoms with Gasteiger partial charge in [-0.1, -0.05) is 78.9 Å². The zero-order valence-electron chi connectivity index (χ0n) is 33.5. The van der Waals surface area contributed by atoms with Crippen molar-refractivity contribution in [2.75, 3.05) is 21.3 Å². The lowest BCUT2D eigenvalue weighted by molar-refractivity contribution is -0.178. The molecule has 298 valence electrons. The van der Waals surface area contributed by atoms with Crippen molar-refractivity contribution in [2.24, 2.45) is 5.92 Å². The van der Waals surface area contributed by atoms with Gasteiger partial charge in [-0.3, -0.25) is 0 Å².